The maximum Gasteiger partial charge on any atom is 0.131 e. The van der Waals surface area contributed by atoms with Crippen LogP contribution in [0.1, 0.15) is 29.3 Å². The first kappa shape index (κ1) is 10.7. The molecular weight excluding hydrogens is 234 g/mol. The molecule has 1 atom stereocenters. The minimum Gasteiger partial charge on any atom is -0.487 e. The van der Waals surface area contributed by atoms with Crippen LogP contribution in [-0.4, -0.2) is 10.1 Å². The standard InChI is InChI=1S/C13H13NO2S/c15-13-4-1-9-5-11(2-3-12(9)13)16-6-10-7-17-8-14-10/h2-3,5,7-8,13,15H,1,4,6H2/t13-/m1/s1. The van der Waals surface area contributed by atoms with Gasteiger partial charge in [-0.25, -0.2) is 4.98 Å². The number of hydrogen-bond donors (Lipinski definition) is 1. The first-order valence-electron chi connectivity index (χ1n) is 5.63. The number of aliphatic hydroxyl groups excluding tert-OH is 1. The summed E-state index contributed by atoms with van der Waals surface area (Å²) in [6.45, 7) is 0.505. The number of aromatic nitrogens is 1. The fourth-order valence-electron chi connectivity index (χ4n) is 2.13. The average Bonchev–Trinajstić information content (AvgIpc) is 2.97. The van der Waals surface area contributed by atoms with E-state index in [0.29, 0.717) is 6.61 Å². The zero-order chi connectivity index (χ0) is 11.7. The van der Waals surface area contributed by atoms with Crippen LogP contribution in [-0.2, 0) is 13.0 Å². The van der Waals surface area contributed by atoms with Gasteiger partial charge in [0.15, 0.2) is 0 Å². The van der Waals surface area contributed by atoms with Crippen molar-refractivity contribution in [3.8, 4) is 5.75 Å². The Morgan fingerprint density at radius 1 is 1.47 bits per heavy atom. The van der Waals surface area contributed by atoms with Crippen molar-refractivity contribution < 1.29 is 9.84 Å². The lowest BCUT2D eigenvalue weighted by Gasteiger charge is -2.07. The SMILES string of the molecule is O[C@@H]1CCc2cc(OCc3cscn3)ccc21. The van der Waals surface area contributed by atoms with Gasteiger partial charge in [0, 0.05) is 5.38 Å². The third-order valence-electron chi connectivity index (χ3n) is 3.03. The van der Waals surface area contributed by atoms with Gasteiger partial charge < -0.3 is 9.84 Å². The molecule has 1 aliphatic rings. The van der Waals surface area contributed by atoms with Gasteiger partial charge in [0.2, 0.25) is 0 Å². The molecule has 1 N–H and O–H groups in total. The monoisotopic (exact) mass is 247 g/mol. The van der Waals surface area contributed by atoms with Crippen molar-refractivity contribution in [3.05, 3.63) is 45.9 Å². The van der Waals surface area contributed by atoms with Crippen LogP contribution in [0.4, 0.5) is 0 Å². The summed E-state index contributed by atoms with van der Waals surface area (Å²) < 4.78 is 5.67. The molecule has 1 aliphatic carbocycles. The summed E-state index contributed by atoms with van der Waals surface area (Å²) in [5, 5.41) is 11.7. The minimum absolute atomic E-state index is 0.294. The minimum atomic E-state index is -0.294. The van der Waals surface area contributed by atoms with Gasteiger partial charge in [-0.15, -0.1) is 11.3 Å². The normalized spacial score (nSPS) is 18.1. The highest BCUT2D eigenvalue weighted by Gasteiger charge is 2.20. The second-order valence-corrected chi connectivity index (χ2v) is 4.90. The number of aliphatic hydroxyl groups is 1. The highest BCUT2D eigenvalue weighted by atomic mass is 32.1. The predicted molar refractivity (Wildman–Crippen MR) is 66.2 cm³/mol. The van der Waals surface area contributed by atoms with Gasteiger partial charge in [-0.2, -0.15) is 0 Å². The van der Waals surface area contributed by atoms with Gasteiger partial charge in [-0.1, -0.05) is 6.07 Å². The van der Waals surface area contributed by atoms with Crippen LogP contribution in [0.15, 0.2) is 29.1 Å². The Hall–Kier alpha value is -1.39. The average molecular weight is 247 g/mol. The van der Waals surface area contributed by atoms with Crippen LogP contribution < -0.4 is 4.74 Å². The number of fused-ring (bicyclic) bond motifs is 1. The zero-order valence-electron chi connectivity index (χ0n) is 9.30. The summed E-state index contributed by atoms with van der Waals surface area (Å²) in [4.78, 5) is 4.17. The molecule has 0 saturated heterocycles. The Morgan fingerprint density at radius 2 is 2.41 bits per heavy atom. The number of aryl methyl sites for hydroxylation is 1. The molecule has 0 radical (unpaired) electrons. The molecule has 0 bridgehead atoms. The van der Waals surface area contributed by atoms with E-state index < -0.39 is 0 Å². The topological polar surface area (TPSA) is 42.4 Å². The molecule has 1 heterocycles. The molecule has 17 heavy (non-hydrogen) atoms. The summed E-state index contributed by atoms with van der Waals surface area (Å²) in [6.07, 6.45) is 1.47. The van der Waals surface area contributed by atoms with Crippen molar-refractivity contribution in [3.63, 3.8) is 0 Å². The van der Waals surface area contributed by atoms with Crippen molar-refractivity contribution in [2.75, 3.05) is 0 Å². The smallest absolute Gasteiger partial charge is 0.131 e. The predicted octanol–water partition coefficient (Wildman–Crippen LogP) is 2.70. The second kappa shape index (κ2) is 4.47. The maximum atomic E-state index is 9.70. The highest BCUT2D eigenvalue weighted by Crippen LogP contribution is 2.33. The first-order valence-corrected chi connectivity index (χ1v) is 6.58. The number of thiazole rings is 1. The largest absolute Gasteiger partial charge is 0.487 e. The molecule has 0 aliphatic heterocycles. The van der Waals surface area contributed by atoms with E-state index in [2.05, 4.69) is 4.98 Å². The third kappa shape index (κ3) is 2.18. The van der Waals surface area contributed by atoms with Gasteiger partial charge in [-0.05, 0) is 36.1 Å². The van der Waals surface area contributed by atoms with E-state index in [1.54, 1.807) is 16.8 Å². The molecule has 0 spiro atoms. The molecule has 1 aromatic carbocycles. The Labute approximate surface area is 104 Å². The van der Waals surface area contributed by atoms with Gasteiger partial charge in [0.05, 0.1) is 17.3 Å². The summed E-state index contributed by atoms with van der Waals surface area (Å²) >= 11 is 1.57. The van der Waals surface area contributed by atoms with Crippen LogP contribution in [0.3, 0.4) is 0 Å². The van der Waals surface area contributed by atoms with Crippen LogP contribution in [0.5, 0.6) is 5.75 Å². The third-order valence-corrected chi connectivity index (χ3v) is 3.67. The van der Waals surface area contributed by atoms with Gasteiger partial charge in [0.25, 0.3) is 0 Å². The van der Waals surface area contributed by atoms with E-state index in [1.165, 1.54) is 5.56 Å². The Morgan fingerprint density at radius 3 is 3.24 bits per heavy atom. The fourth-order valence-corrected chi connectivity index (χ4v) is 2.67. The molecular formula is C13H13NO2S. The fraction of sp³-hybridized carbons (Fsp3) is 0.308. The van der Waals surface area contributed by atoms with E-state index in [-0.39, 0.29) is 6.10 Å². The molecule has 0 unspecified atom stereocenters. The molecule has 2 aromatic rings. The van der Waals surface area contributed by atoms with Gasteiger partial charge in [-0.3, -0.25) is 0 Å². The van der Waals surface area contributed by atoms with Crippen LogP contribution in [0.2, 0.25) is 0 Å². The maximum absolute atomic E-state index is 9.70. The van der Waals surface area contributed by atoms with Crippen molar-refractivity contribution in [1.29, 1.82) is 0 Å². The van der Waals surface area contributed by atoms with Crippen molar-refractivity contribution >= 4 is 11.3 Å². The molecule has 1 aromatic heterocycles. The lowest BCUT2D eigenvalue weighted by molar-refractivity contribution is 0.180. The van der Waals surface area contributed by atoms with Gasteiger partial charge in [0.1, 0.15) is 12.4 Å². The van der Waals surface area contributed by atoms with E-state index in [1.807, 2.05) is 23.6 Å². The quantitative estimate of drug-likeness (QED) is 0.906. The van der Waals surface area contributed by atoms with Gasteiger partial charge >= 0.3 is 0 Å². The van der Waals surface area contributed by atoms with E-state index in [4.69, 9.17) is 4.74 Å². The summed E-state index contributed by atoms with van der Waals surface area (Å²) in [5.74, 6) is 0.853. The van der Waals surface area contributed by atoms with E-state index in [9.17, 15) is 5.11 Å². The van der Waals surface area contributed by atoms with E-state index in [0.717, 1.165) is 29.8 Å². The Bertz CT molecular complexity index is 510. The zero-order valence-corrected chi connectivity index (χ0v) is 10.1. The Balaban J connectivity index is 1.72. The molecule has 0 fully saturated rings. The van der Waals surface area contributed by atoms with Crippen LogP contribution >= 0.6 is 11.3 Å². The first-order chi connectivity index (χ1) is 8.33. The Kier molecular flexibility index (Phi) is 2.82. The number of nitrogens with zero attached hydrogens (tertiary/aromatic N) is 1. The molecule has 0 saturated carbocycles. The molecule has 3 nitrogen and oxygen atoms in total. The van der Waals surface area contributed by atoms with Crippen molar-refractivity contribution in [2.24, 2.45) is 0 Å². The number of rotatable bonds is 3. The summed E-state index contributed by atoms with van der Waals surface area (Å²) in [5.41, 5.74) is 5.01. The lowest BCUT2D eigenvalue weighted by Crippen LogP contribution is -1.96. The number of ether oxygens (including phenoxy) is 1. The highest BCUT2D eigenvalue weighted by molar-refractivity contribution is 7.07. The molecule has 3 rings (SSSR count). The van der Waals surface area contributed by atoms with Crippen molar-refractivity contribution in [2.45, 2.75) is 25.6 Å². The summed E-state index contributed by atoms with van der Waals surface area (Å²) in [7, 11) is 0. The van der Waals surface area contributed by atoms with E-state index >= 15 is 0 Å². The molecule has 88 valence electrons. The molecule has 0 amide bonds. The lowest BCUT2D eigenvalue weighted by atomic mass is 10.1. The second-order valence-electron chi connectivity index (χ2n) is 4.18. The van der Waals surface area contributed by atoms with Crippen LogP contribution in [0.25, 0.3) is 0 Å². The van der Waals surface area contributed by atoms with Crippen LogP contribution in [0, 0.1) is 0 Å². The number of hydrogen-bond acceptors (Lipinski definition) is 4. The number of benzene rings is 1. The summed E-state index contributed by atoms with van der Waals surface area (Å²) in [6, 6.07) is 5.90. The van der Waals surface area contributed by atoms with Crippen molar-refractivity contribution in [1.82, 2.24) is 4.98 Å². The molecule has 4 heteroatoms.